The summed E-state index contributed by atoms with van der Waals surface area (Å²) in [6, 6.07) is 9.58. The van der Waals surface area contributed by atoms with Crippen molar-refractivity contribution in [2.75, 3.05) is 11.9 Å². The first-order chi connectivity index (χ1) is 9.58. The SMILES string of the molecule is CCCc1nc(Cl)cc(N(C)Cc2ccc(Cl)cc2)n1. The predicted molar refractivity (Wildman–Crippen MR) is 84.6 cm³/mol. The Morgan fingerprint density at radius 2 is 1.80 bits per heavy atom. The molecule has 0 aliphatic carbocycles. The van der Waals surface area contributed by atoms with Gasteiger partial charge in [0.25, 0.3) is 0 Å². The van der Waals surface area contributed by atoms with E-state index in [1.54, 1.807) is 6.07 Å². The van der Waals surface area contributed by atoms with Crippen molar-refractivity contribution in [2.45, 2.75) is 26.3 Å². The Kier molecular flexibility index (Phi) is 5.21. The molecule has 0 fully saturated rings. The lowest BCUT2D eigenvalue weighted by atomic mass is 10.2. The molecule has 0 saturated heterocycles. The molecule has 0 amide bonds. The van der Waals surface area contributed by atoms with Crippen LogP contribution in [0.2, 0.25) is 10.2 Å². The van der Waals surface area contributed by atoms with Crippen molar-refractivity contribution in [1.82, 2.24) is 9.97 Å². The van der Waals surface area contributed by atoms with Crippen LogP contribution in [0.25, 0.3) is 0 Å². The molecule has 1 heterocycles. The molecule has 0 N–H and O–H groups in total. The summed E-state index contributed by atoms with van der Waals surface area (Å²) in [4.78, 5) is 10.8. The molecule has 2 rings (SSSR count). The van der Waals surface area contributed by atoms with E-state index in [0.29, 0.717) is 5.15 Å². The van der Waals surface area contributed by atoms with Crippen molar-refractivity contribution < 1.29 is 0 Å². The average Bonchev–Trinajstić information content (AvgIpc) is 2.41. The summed E-state index contributed by atoms with van der Waals surface area (Å²) in [6.07, 6.45) is 1.84. The number of anilines is 1. The zero-order chi connectivity index (χ0) is 14.5. The summed E-state index contributed by atoms with van der Waals surface area (Å²) in [5, 5.41) is 1.23. The van der Waals surface area contributed by atoms with E-state index in [1.807, 2.05) is 31.3 Å². The highest BCUT2D eigenvalue weighted by atomic mass is 35.5. The molecule has 1 aromatic heterocycles. The smallest absolute Gasteiger partial charge is 0.134 e. The summed E-state index contributed by atoms with van der Waals surface area (Å²) in [5.41, 5.74) is 1.17. The van der Waals surface area contributed by atoms with Gasteiger partial charge < -0.3 is 4.90 Å². The van der Waals surface area contributed by atoms with Gasteiger partial charge in [-0.05, 0) is 24.1 Å². The molecule has 0 unspecified atom stereocenters. The maximum Gasteiger partial charge on any atom is 0.134 e. The highest BCUT2D eigenvalue weighted by molar-refractivity contribution is 6.30. The zero-order valence-corrected chi connectivity index (χ0v) is 13.1. The number of aryl methyl sites for hydroxylation is 1. The van der Waals surface area contributed by atoms with Crippen molar-refractivity contribution in [2.24, 2.45) is 0 Å². The summed E-state index contributed by atoms with van der Waals surface area (Å²) in [7, 11) is 1.99. The highest BCUT2D eigenvalue weighted by Crippen LogP contribution is 2.18. The molecular weight excluding hydrogens is 293 g/mol. The number of hydrogen-bond donors (Lipinski definition) is 0. The second-order valence-corrected chi connectivity index (χ2v) is 5.52. The second kappa shape index (κ2) is 6.91. The molecule has 5 heteroatoms. The Hall–Kier alpha value is -1.32. The normalized spacial score (nSPS) is 10.6. The fourth-order valence-corrected chi connectivity index (χ4v) is 2.25. The van der Waals surface area contributed by atoms with E-state index in [2.05, 4.69) is 21.8 Å². The van der Waals surface area contributed by atoms with Gasteiger partial charge >= 0.3 is 0 Å². The van der Waals surface area contributed by atoms with Gasteiger partial charge in [0.1, 0.15) is 16.8 Å². The van der Waals surface area contributed by atoms with Crippen LogP contribution in [0.3, 0.4) is 0 Å². The molecule has 0 saturated carbocycles. The molecule has 0 atom stereocenters. The van der Waals surface area contributed by atoms with Crippen LogP contribution in [-0.4, -0.2) is 17.0 Å². The lowest BCUT2D eigenvalue weighted by Gasteiger charge is -2.19. The third-order valence-corrected chi connectivity index (χ3v) is 3.37. The molecule has 0 aliphatic heterocycles. The zero-order valence-electron chi connectivity index (χ0n) is 11.6. The first-order valence-electron chi connectivity index (χ1n) is 6.57. The average molecular weight is 310 g/mol. The van der Waals surface area contributed by atoms with Crippen LogP contribution in [-0.2, 0) is 13.0 Å². The van der Waals surface area contributed by atoms with Crippen LogP contribution in [0, 0.1) is 0 Å². The van der Waals surface area contributed by atoms with Crippen LogP contribution in [0.15, 0.2) is 30.3 Å². The Labute approximate surface area is 129 Å². The third-order valence-electron chi connectivity index (χ3n) is 2.93. The molecule has 0 aliphatic rings. The van der Waals surface area contributed by atoms with Gasteiger partial charge in [-0.3, -0.25) is 0 Å². The van der Waals surface area contributed by atoms with Crippen LogP contribution in [0.5, 0.6) is 0 Å². The molecule has 20 heavy (non-hydrogen) atoms. The van der Waals surface area contributed by atoms with E-state index in [0.717, 1.165) is 36.1 Å². The number of benzene rings is 1. The van der Waals surface area contributed by atoms with Crippen molar-refractivity contribution >= 4 is 29.0 Å². The number of rotatable bonds is 5. The summed E-state index contributed by atoms with van der Waals surface area (Å²) >= 11 is 11.9. The topological polar surface area (TPSA) is 29.0 Å². The van der Waals surface area contributed by atoms with Crippen molar-refractivity contribution in [3.05, 3.63) is 51.9 Å². The van der Waals surface area contributed by atoms with Gasteiger partial charge in [0.15, 0.2) is 0 Å². The molecule has 0 radical (unpaired) electrons. The van der Waals surface area contributed by atoms with E-state index in [9.17, 15) is 0 Å². The van der Waals surface area contributed by atoms with Crippen LogP contribution in [0.4, 0.5) is 5.82 Å². The second-order valence-electron chi connectivity index (χ2n) is 4.70. The van der Waals surface area contributed by atoms with Crippen LogP contribution in [0.1, 0.15) is 24.7 Å². The number of nitrogens with zero attached hydrogens (tertiary/aromatic N) is 3. The van der Waals surface area contributed by atoms with E-state index in [4.69, 9.17) is 23.2 Å². The Bertz CT molecular complexity index is 570. The lowest BCUT2D eigenvalue weighted by molar-refractivity contribution is 0.812. The summed E-state index contributed by atoms with van der Waals surface area (Å²) in [5.74, 6) is 1.63. The van der Waals surface area contributed by atoms with E-state index in [1.165, 1.54) is 5.56 Å². The quantitative estimate of drug-likeness (QED) is 0.768. The Morgan fingerprint density at radius 1 is 1.10 bits per heavy atom. The first-order valence-corrected chi connectivity index (χ1v) is 7.33. The van der Waals surface area contributed by atoms with Crippen LogP contribution < -0.4 is 4.90 Å². The van der Waals surface area contributed by atoms with Crippen molar-refractivity contribution in [1.29, 1.82) is 0 Å². The van der Waals surface area contributed by atoms with Gasteiger partial charge in [-0.1, -0.05) is 42.3 Å². The number of halogens is 2. The van der Waals surface area contributed by atoms with Crippen molar-refractivity contribution in [3.8, 4) is 0 Å². The summed E-state index contributed by atoms with van der Waals surface area (Å²) < 4.78 is 0. The van der Waals surface area contributed by atoms with Gasteiger partial charge in [0.2, 0.25) is 0 Å². The standard InChI is InChI=1S/C15H17Cl2N3/c1-3-4-14-18-13(17)9-15(19-14)20(2)10-11-5-7-12(16)8-6-11/h5-9H,3-4,10H2,1-2H3. The maximum absolute atomic E-state index is 6.06. The monoisotopic (exact) mass is 309 g/mol. The predicted octanol–water partition coefficient (Wildman–Crippen LogP) is 4.37. The van der Waals surface area contributed by atoms with E-state index >= 15 is 0 Å². The molecule has 2 aromatic rings. The maximum atomic E-state index is 6.06. The molecule has 0 spiro atoms. The van der Waals surface area contributed by atoms with Crippen molar-refractivity contribution in [3.63, 3.8) is 0 Å². The minimum atomic E-state index is 0.487. The molecule has 0 bridgehead atoms. The van der Waals surface area contributed by atoms with Gasteiger partial charge in [-0.15, -0.1) is 0 Å². The Balaban J connectivity index is 2.15. The molecular formula is C15H17Cl2N3. The molecule has 1 aromatic carbocycles. The highest BCUT2D eigenvalue weighted by Gasteiger charge is 2.08. The van der Waals surface area contributed by atoms with Gasteiger partial charge in [0.05, 0.1) is 0 Å². The number of aromatic nitrogens is 2. The number of hydrogen-bond acceptors (Lipinski definition) is 3. The van der Waals surface area contributed by atoms with Gasteiger partial charge in [-0.2, -0.15) is 0 Å². The molecule has 106 valence electrons. The third kappa shape index (κ3) is 4.09. The van der Waals surface area contributed by atoms with Gasteiger partial charge in [0, 0.05) is 31.1 Å². The van der Waals surface area contributed by atoms with E-state index < -0.39 is 0 Å². The lowest BCUT2D eigenvalue weighted by Crippen LogP contribution is -2.18. The minimum absolute atomic E-state index is 0.487. The van der Waals surface area contributed by atoms with Gasteiger partial charge in [-0.25, -0.2) is 9.97 Å². The minimum Gasteiger partial charge on any atom is -0.355 e. The fraction of sp³-hybridized carbons (Fsp3) is 0.333. The van der Waals surface area contributed by atoms with E-state index in [-0.39, 0.29) is 0 Å². The molecule has 3 nitrogen and oxygen atoms in total. The first kappa shape index (κ1) is 15.1. The Morgan fingerprint density at radius 3 is 2.45 bits per heavy atom. The summed E-state index contributed by atoms with van der Waals surface area (Å²) in [6.45, 7) is 2.84. The fourth-order valence-electron chi connectivity index (χ4n) is 1.93. The van der Waals surface area contributed by atoms with Crippen LogP contribution >= 0.6 is 23.2 Å². The largest absolute Gasteiger partial charge is 0.355 e.